The Bertz CT molecular complexity index is 768. The van der Waals surface area contributed by atoms with Crippen LogP contribution in [0.2, 0.25) is 0 Å². The van der Waals surface area contributed by atoms with Crippen molar-refractivity contribution in [1.29, 1.82) is 0 Å². The fourth-order valence-corrected chi connectivity index (χ4v) is 2.76. The summed E-state index contributed by atoms with van der Waals surface area (Å²) in [6, 6.07) is -0.00773. The summed E-state index contributed by atoms with van der Waals surface area (Å²) < 4.78 is 29.6. The van der Waals surface area contributed by atoms with Gasteiger partial charge in [0.2, 0.25) is 11.0 Å². The minimum Gasteiger partial charge on any atom is -0.480 e. The van der Waals surface area contributed by atoms with Crippen molar-refractivity contribution in [2.75, 3.05) is 20.6 Å². The van der Waals surface area contributed by atoms with Crippen LogP contribution in [-0.2, 0) is 19.6 Å². The zero-order valence-electron chi connectivity index (χ0n) is 15.0. The quantitative estimate of drug-likeness (QED) is 0.533. The lowest BCUT2D eigenvalue weighted by molar-refractivity contribution is -0.142. The van der Waals surface area contributed by atoms with E-state index >= 15 is 0 Å². The Kier molecular flexibility index (Phi) is 7.33. The molecule has 3 N–H and O–H groups in total. The summed E-state index contributed by atoms with van der Waals surface area (Å²) in [6.07, 6.45) is 1.21. The van der Waals surface area contributed by atoms with Crippen LogP contribution in [-0.4, -0.2) is 62.3 Å². The van der Waals surface area contributed by atoms with Gasteiger partial charge in [-0.05, 0) is 12.3 Å². The van der Waals surface area contributed by atoms with E-state index in [0.29, 0.717) is 0 Å². The molecular formula is C15H23N3O7S. The van der Waals surface area contributed by atoms with Crippen molar-refractivity contribution >= 4 is 27.8 Å². The van der Waals surface area contributed by atoms with E-state index in [9.17, 15) is 22.8 Å². The van der Waals surface area contributed by atoms with Crippen molar-refractivity contribution in [2.24, 2.45) is 5.92 Å². The summed E-state index contributed by atoms with van der Waals surface area (Å²) in [6.45, 7) is 3.19. The van der Waals surface area contributed by atoms with Crippen molar-refractivity contribution in [2.45, 2.75) is 31.4 Å². The number of hydrogen-bond acceptors (Lipinski definition) is 6. The lowest BCUT2D eigenvalue weighted by Crippen LogP contribution is -2.46. The van der Waals surface area contributed by atoms with Crippen LogP contribution in [0.5, 0.6) is 0 Å². The normalized spacial score (nSPS) is 12.8. The molecular weight excluding hydrogens is 366 g/mol. The molecule has 0 saturated heterocycles. The van der Waals surface area contributed by atoms with Crippen LogP contribution < -0.4 is 10.6 Å². The molecule has 1 aromatic rings. The van der Waals surface area contributed by atoms with Crippen molar-refractivity contribution in [3.05, 3.63) is 17.9 Å². The Morgan fingerprint density at radius 2 is 1.88 bits per heavy atom. The topological polar surface area (TPSA) is 146 Å². The maximum atomic E-state index is 12.0. The minimum absolute atomic E-state index is 0.0639. The summed E-state index contributed by atoms with van der Waals surface area (Å²) >= 11 is 0. The number of amides is 2. The van der Waals surface area contributed by atoms with Crippen molar-refractivity contribution in [1.82, 2.24) is 14.9 Å². The van der Waals surface area contributed by atoms with Crippen LogP contribution in [0.3, 0.4) is 0 Å². The predicted octanol–water partition coefficient (Wildman–Crippen LogP) is -0.125. The lowest BCUT2D eigenvalue weighted by atomic mass is 10.0. The zero-order valence-corrected chi connectivity index (χ0v) is 15.8. The highest BCUT2D eigenvalue weighted by molar-refractivity contribution is 7.88. The molecule has 1 heterocycles. The second kappa shape index (κ2) is 8.81. The van der Waals surface area contributed by atoms with Gasteiger partial charge < -0.3 is 20.2 Å². The highest BCUT2D eigenvalue weighted by atomic mass is 32.2. The van der Waals surface area contributed by atoms with E-state index in [0.717, 1.165) is 16.6 Å². The van der Waals surface area contributed by atoms with Crippen LogP contribution in [0.4, 0.5) is 0 Å². The molecule has 0 aliphatic carbocycles. The van der Waals surface area contributed by atoms with E-state index in [-0.39, 0.29) is 17.9 Å². The summed E-state index contributed by atoms with van der Waals surface area (Å²) in [7, 11) is -1.18. The number of carbonyl (C=O) groups excluding carboxylic acids is 2. The predicted molar refractivity (Wildman–Crippen MR) is 90.9 cm³/mol. The average molecular weight is 389 g/mol. The van der Waals surface area contributed by atoms with Gasteiger partial charge in [0.15, 0.2) is 0 Å². The molecule has 0 spiro atoms. The number of furan rings is 1. The molecule has 0 saturated carbocycles. The lowest BCUT2D eigenvalue weighted by Gasteiger charge is -2.16. The van der Waals surface area contributed by atoms with Gasteiger partial charge >= 0.3 is 5.97 Å². The molecule has 0 aromatic carbocycles. The Morgan fingerprint density at radius 3 is 2.38 bits per heavy atom. The van der Waals surface area contributed by atoms with Gasteiger partial charge in [0.05, 0.1) is 12.1 Å². The number of hydrogen-bond donors (Lipinski definition) is 3. The molecule has 26 heavy (non-hydrogen) atoms. The Morgan fingerprint density at radius 1 is 1.27 bits per heavy atom. The second-order valence-corrected chi connectivity index (χ2v) is 8.30. The number of nitrogens with zero attached hydrogens (tertiary/aromatic N) is 1. The number of carboxylic acid groups (broad SMARTS) is 1. The van der Waals surface area contributed by atoms with Gasteiger partial charge in [-0.25, -0.2) is 17.5 Å². The van der Waals surface area contributed by atoms with Crippen molar-refractivity contribution < 1.29 is 32.3 Å². The summed E-state index contributed by atoms with van der Waals surface area (Å²) in [5, 5.41) is 13.3. The van der Waals surface area contributed by atoms with Crippen LogP contribution in [0, 0.1) is 5.92 Å². The van der Waals surface area contributed by atoms with E-state index in [1.54, 1.807) is 0 Å². The third-order valence-corrected chi connectivity index (χ3v) is 5.01. The number of carbonyl (C=O) groups is 3. The average Bonchev–Trinajstić information content (AvgIpc) is 3.02. The summed E-state index contributed by atoms with van der Waals surface area (Å²) in [5.41, 5.74) is -0.0739. The molecule has 0 fully saturated rings. The summed E-state index contributed by atoms with van der Waals surface area (Å²) in [4.78, 5) is 34.9. The van der Waals surface area contributed by atoms with Gasteiger partial charge in [-0.2, -0.15) is 0 Å². The van der Waals surface area contributed by atoms with Crippen molar-refractivity contribution in [3.63, 3.8) is 0 Å². The van der Waals surface area contributed by atoms with Crippen LogP contribution in [0.25, 0.3) is 0 Å². The maximum Gasteiger partial charge on any atom is 0.326 e. The SMILES string of the molecule is CC(C)C[C@H](NC(=O)CNC(=O)c1coc(S(=O)(=O)N(C)C)c1)C(=O)O. The van der Waals surface area contributed by atoms with Gasteiger partial charge in [-0.3, -0.25) is 9.59 Å². The van der Waals surface area contributed by atoms with E-state index in [1.807, 2.05) is 13.8 Å². The Hall–Kier alpha value is -2.40. The van der Waals surface area contributed by atoms with Gasteiger partial charge in [0.25, 0.3) is 15.9 Å². The third kappa shape index (κ3) is 5.85. The number of sulfonamides is 1. The fraction of sp³-hybridized carbons (Fsp3) is 0.533. The molecule has 146 valence electrons. The molecule has 11 heteroatoms. The molecule has 2 amide bonds. The smallest absolute Gasteiger partial charge is 0.326 e. The highest BCUT2D eigenvalue weighted by Crippen LogP contribution is 2.16. The Balaban J connectivity index is 2.65. The summed E-state index contributed by atoms with van der Waals surface area (Å²) in [5.74, 6) is -2.49. The standard InChI is InChI=1S/C15H23N3O7S/c1-9(2)5-11(15(21)22)17-12(19)7-16-14(20)10-6-13(25-8-10)26(23,24)18(3)4/h6,8-9,11H,5,7H2,1-4H3,(H,16,20)(H,17,19)(H,21,22)/t11-/m0/s1. The molecule has 1 aromatic heterocycles. The van der Waals surface area contributed by atoms with Crippen molar-refractivity contribution in [3.8, 4) is 0 Å². The maximum absolute atomic E-state index is 12.0. The number of rotatable bonds is 9. The molecule has 0 radical (unpaired) electrons. The minimum atomic E-state index is -3.82. The fourth-order valence-electron chi connectivity index (χ4n) is 1.95. The first-order valence-corrected chi connectivity index (χ1v) is 9.20. The van der Waals surface area contributed by atoms with Crippen LogP contribution >= 0.6 is 0 Å². The van der Waals surface area contributed by atoms with E-state index < -0.39 is 45.5 Å². The largest absolute Gasteiger partial charge is 0.480 e. The van der Waals surface area contributed by atoms with Gasteiger partial charge in [0, 0.05) is 20.2 Å². The first-order chi connectivity index (χ1) is 11.9. The first kappa shape index (κ1) is 21.6. The molecule has 0 bridgehead atoms. The van der Waals surface area contributed by atoms with Crippen LogP contribution in [0.1, 0.15) is 30.6 Å². The molecule has 0 aliphatic rings. The highest BCUT2D eigenvalue weighted by Gasteiger charge is 2.24. The number of aliphatic carboxylic acids is 1. The van der Waals surface area contributed by atoms with E-state index in [2.05, 4.69) is 10.6 Å². The van der Waals surface area contributed by atoms with E-state index in [1.165, 1.54) is 14.1 Å². The Labute approximate surface area is 151 Å². The number of nitrogens with one attached hydrogen (secondary N) is 2. The molecule has 1 atom stereocenters. The van der Waals surface area contributed by atoms with Gasteiger partial charge in [-0.1, -0.05) is 13.8 Å². The molecule has 1 rings (SSSR count). The third-order valence-electron chi connectivity index (χ3n) is 3.32. The molecule has 0 aliphatic heterocycles. The zero-order chi connectivity index (χ0) is 20.1. The van der Waals surface area contributed by atoms with Gasteiger partial charge in [0.1, 0.15) is 12.3 Å². The van der Waals surface area contributed by atoms with Gasteiger partial charge in [-0.15, -0.1) is 0 Å². The molecule has 10 nitrogen and oxygen atoms in total. The monoisotopic (exact) mass is 389 g/mol. The van der Waals surface area contributed by atoms with E-state index in [4.69, 9.17) is 9.52 Å². The molecule has 0 unspecified atom stereocenters. The van der Waals surface area contributed by atoms with Crippen LogP contribution in [0.15, 0.2) is 21.8 Å². The first-order valence-electron chi connectivity index (χ1n) is 7.76. The number of carboxylic acids is 1. The second-order valence-electron chi connectivity index (χ2n) is 6.21.